The molecule has 0 bridgehead atoms. The summed E-state index contributed by atoms with van der Waals surface area (Å²) in [5.74, 6) is 0. The maximum Gasteiger partial charge on any atom is 0.0704 e. The first-order chi connectivity index (χ1) is 8.84. The van der Waals surface area contributed by atoms with Gasteiger partial charge in [-0.25, -0.2) is 0 Å². The van der Waals surface area contributed by atoms with Crippen molar-refractivity contribution in [3.63, 3.8) is 0 Å². The highest BCUT2D eigenvalue weighted by molar-refractivity contribution is 5.82. The Labute approximate surface area is 105 Å². The quantitative estimate of drug-likeness (QED) is 0.743. The molecule has 0 spiro atoms. The van der Waals surface area contributed by atoms with Crippen LogP contribution in [0, 0.1) is 0 Å². The molecule has 0 aliphatic heterocycles. The predicted molar refractivity (Wildman–Crippen MR) is 73.2 cm³/mol. The third kappa shape index (κ3) is 1.91. The maximum atomic E-state index is 5.96. The number of hydrogen-bond donors (Lipinski definition) is 1. The lowest BCUT2D eigenvalue weighted by Crippen LogP contribution is -1.97. The summed E-state index contributed by atoms with van der Waals surface area (Å²) in [5.41, 5.74) is 10.0. The standard InChI is InChI=1S/C15H13N3/c16-14-6-8-17-10-12(14)9-11-3-1-5-15-13(11)4-2-7-18-15/h1-8,10H,9H2,(H2,16,17). The fraction of sp³-hybridized carbons (Fsp3) is 0.0667. The highest BCUT2D eigenvalue weighted by Gasteiger charge is 2.04. The molecule has 2 heterocycles. The Bertz CT molecular complexity index is 687. The van der Waals surface area contributed by atoms with Gasteiger partial charge >= 0.3 is 0 Å². The minimum atomic E-state index is 0.780. The van der Waals surface area contributed by atoms with E-state index in [-0.39, 0.29) is 0 Å². The van der Waals surface area contributed by atoms with E-state index in [1.54, 1.807) is 6.20 Å². The van der Waals surface area contributed by atoms with Crippen LogP contribution < -0.4 is 5.73 Å². The van der Waals surface area contributed by atoms with Gasteiger partial charge in [0, 0.05) is 36.1 Å². The zero-order chi connectivity index (χ0) is 12.4. The summed E-state index contributed by atoms with van der Waals surface area (Å²) < 4.78 is 0. The number of hydrogen-bond acceptors (Lipinski definition) is 3. The van der Waals surface area contributed by atoms with Crippen LogP contribution in [0.15, 0.2) is 55.0 Å². The average molecular weight is 235 g/mol. The topological polar surface area (TPSA) is 51.8 Å². The first-order valence-electron chi connectivity index (χ1n) is 5.85. The molecular weight excluding hydrogens is 222 g/mol. The molecule has 18 heavy (non-hydrogen) atoms. The molecule has 0 saturated carbocycles. The molecule has 0 radical (unpaired) electrons. The van der Waals surface area contributed by atoms with Crippen LogP contribution in [0.3, 0.4) is 0 Å². The molecule has 0 aliphatic rings. The van der Waals surface area contributed by atoms with E-state index in [2.05, 4.69) is 22.1 Å². The number of nitrogen functional groups attached to an aromatic ring is 1. The Kier molecular flexibility index (Phi) is 2.65. The Morgan fingerprint density at radius 1 is 0.944 bits per heavy atom. The Morgan fingerprint density at radius 3 is 2.78 bits per heavy atom. The minimum Gasteiger partial charge on any atom is -0.398 e. The summed E-state index contributed by atoms with van der Waals surface area (Å²) >= 11 is 0. The number of fused-ring (bicyclic) bond motifs is 1. The normalized spacial score (nSPS) is 10.7. The number of benzene rings is 1. The third-order valence-corrected chi connectivity index (χ3v) is 3.06. The summed E-state index contributed by atoms with van der Waals surface area (Å²) in [5, 5.41) is 1.17. The van der Waals surface area contributed by atoms with Crippen molar-refractivity contribution in [1.82, 2.24) is 9.97 Å². The smallest absolute Gasteiger partial charge is 0.0704 e. The molecular formula is C15H13N3. The molecule has 0 amide bonds. The average Bonchev–Trinajstić information content (AvgIpc) is 2.42. The zero-order valence-corrected chi connectivity index (χ0v) is 9.88. The zero-order valence-electron chi connectivity index (χ0n) is 9.88. The van der Waals surface area contributed by atoms with Crippen LogP contribution in [-0.2, 0) is 6.42 Å². The van der Waals surface area contributed by atoms with Gasteiger partial charge in [-0.15, -0.1) is 0 Å². The fourth-order valence-corrected chi connectivity index (χ4v) is 2.11. The van der Waals surface area contributed by atoms with E-state index in [9.17, 15) is 0 Å². The Hall–Kier alpha value is -2.42. The first kappa shape index (κ1) is 10.7. The van der Waals surface area contributed by atoms with Gasteiger partial charge in [-0.3, -0.25) is 9.97 Å². The number of rotatable bonds is 2. The number of nitrogens with two attached hydrogens (primary N) is 1. The lowest BCUT2D eigenvalue weighted by atomic mass is 10.0. The van der Waals surface area contributed by atoms with Gasteiger partial charge in [0.1, 0.15) is 0 Å². The molecule has 0 fully saturated rings. The van der Waals surface area contributed by atoms with E-state index in [0.29, 0.717) is 0 Å². The monoisotopic (exact) mass is 235 g/mol. The number of nitrogens with zero attached hydrogens (tertiary/aromatic N) is 2. The molecule has 3 nitrogen and oxygen atoms in total. The van der Waals surface area contributed by atoms with Gasteiger partial charge in [0.2, 0.25) is 0 Å². The lowest BCUT2D eigenvalue weighted by molar-refractivity contribution is 1.16. The van der Waals surface area contributed by atoms with Gasteiger partial charge in [-0.05, 0) is 29.3 Å². The molecule has 3 heteroatoms. The second kappa shape index (κ2) is 4.45. The molecule has 3 rings (SSSR count). The Balaban J connectivity index is 2.08. The van der Waals surface area contributed by atoms with Crippen molar-refractivity contribution < 1.29 is 0 Å². The van der Waals surface area contributed by atoms with Crippen molar-refractivity contribution in [3.8, 4) is 0 Å². The maximum absolute atomic E-state index is 5.96. The summed E-state index contributed by atoms with van der Waals surface area (Å²) in [6.45, 7) is 0. The second-order valence-corrected chi connectivity index (χ2v) is 4.24. The third-order valence-electron chi connectivity index (χ3n) is 3.06. The van der Waals surface area contributed by atoms with Gasteiger partial charge in [-0.2, -0.15) is 0 Å². The predicted octanol–water partition coefficient (Wildman–Crippen LogP) is 2.80. The number of pyridine rings is 2. The van der Waals surface area contributed by atoms with E-state index < -0.39 is 0 Å². The highest BCUT2D eigenvalue weighted by Crippen LogP contribution is 2.21. The van der Waals surface area contributed by atoms with E-state index in [1.807, 2.05) is 36.7 Å². The van der Waals surface area contributed by atoms with Gasteiger partial charge < -0.3 is 5.73 Å². The molecule has 2 N–H and O–H groups in total. The minimum absolute atomic E-state index is 0.780. The van der Waals surface area contributed by atoms with Crippen molar-refractivity contribution in [1.29, 1.82) is 0 Å². The lowest BCUT2D eigenvalue weighted by Gasteiger charge is -2.07. The summed E-state index contributed by atoms with van der Waals surface area (Å²) in [7, 11) is 0. The summed E-state index contributed by atoms with van der Waals surface area (Å²) in [4.78, 5) is 8.49. The van der Waals surface area contributed by atoms with E-state index in [4.69, 9.17) is 5.73 Å². The van der Waals surface area contributed by atoms with Crippen LogP contribution in [-0.4, -0.2) is 9.97 Å². The molecule has 1 aromatic carbocycles. The van der Waals surface area contributed by atoms with Crippen LogP contribution in [0.5, 0.6) is 0 Å². The van der Waals surface area contributed by atoms with E-state index in [0.717, 1.165) is 23.2 Å². The molecule has 2 aromatic heterocycles. The molecule has 0 saturated heterocycles. The number of anilines is 1. The van der Waals surface area contributed by atoms with Crippen molar-refractivity contribution in [2.45, 2.75) is 6.42 Å². The summed E-state index contributed by atoms with van der Waals surface area (Å²) in [6.07, 6.45) is 6.13. The summed E-state index contributed by atoms with van der Waals surface area (Å²) in [6, 6.07) is 12.0. The van der Waals surface area contributed by atoms with Crippen LogP contribution in [0.4, 0.5) is 5.69 Å². The van der Waals surface area contributed by atoms with Gasteiger partial charge in [0.15, 0.2) is 0 Å². The molecule has 0 unspecified atom stereocenters. The van der Waals surface area contributed by atoms with Gasteiger partial charge in [0.25, 0.3) is 0 Å². The van der Waals surface area contributed by atoms with Crippen molar-refractivity contribution in [3.05, 3.63) is 66.1 Å². The molecule has 0 atom stereocenters. The van der Waals surface area contributed by atoms with Gasteiger partial charge in [0.05, 0.1) is 5.52 Å². The van der Waals surface area contributed by atoms with Crippen LogP contribution in [0.1, 0.15) is 11.1 Å². The highest BCUT2D eigenvalue weighted by atomic mass is 14.7. The van der Waals surface area contributed by atoms with Crippen LogP contribution >= 0.6 is 0 Å². The SMILES string of the molecule is Nc1ccncc1Cc1cccc2ncccc12. The van der Waals surface area contributed by atoms with E-state index in [1.165, 1.54) is 10.9 Å². The molecule has 88 valence electrons. The van der Waals surface area contributed by atoms with Crippen molar-refractivity contribution in [2.24, 2.45) is 0 Å². The van der Waals surface area contributed by atoms with Crippen LogP contribution in [0.2, 0.25) is 0 Å². The largest absolute Gasteiger partial charge is 0.398 e. The van der Waals surface area contributed by atoms with Crippen molar-refractivity contribution in [2.75, 3.05) is 5.73 Å². The molecule has 3 aromatic rings. The Morgan fingerprint density at radius 2 is 1.89 bits per heavy atom. The van der Waals surface area contributed by atoms with Crippen molar-refractivity contribution >= 4 is 16.6 Å². The molecule has 0 aliphatic carbocycles. The second-order valence-electron chi connectivity index (χ2n) is 4.24. The van der Waals surface area contributed by atoms with E-state index >= 15 is 0 Å². The van der Waals surface area contributed by atoms with Gasteiger partial charge in [-0.1, -0.05) is 18.2 Å². The van der Waals surface area contributed by atoms with Crippen LogP contribution in [0.25, 0.3) is 10.9 Å². The fourth-order valence-electron chi connectivity index (χ4n) is 2.11. The number of aromatic nitrogens is 2. The first-order valence-corrected chi connectivity index (χ1v) is 5.85.